The predicted octanol–water partition coefficient (Wildman–Crippen LogP) is 4.33. The summed E-state index contributed by atoms with van der Waals surface area (Å²) in [5.74, 6) is 0. The van der Waals surface area contributed by atoms with E-state index in [1.807, 2.05) is 41.8 Å². The van der Waals surface area contributed by atoms with Crippen LogP contribution >= 0.6 is 27.3 Å². The van der Waals surface area contributed by atoms with Crippen LogP contribution in [0.5, 0.6) is 0 Å². The number of para-hydroxylation sites is 1. The number of hydrogen-bond donors (Lipinski definition) is 1. The maximum absolute atomic E-state index is 10.2. The number of halogens is 1. The molecule has 0 aliphatic carbocycles. The molecule has 1 unspecified atom stereocenters. The molecule has 0 amide bonds. The third-order valence-electron chi connectivity index (χ3n) is 2.97. The van der Waals surface area contributed by atoms with E-state index >= 15 is 0 Å². The number of aliphatic hydroxyl groups excluding tert-OH is 1. The Labute approximate surface area is 123 Å². The highest BCUT2D eigenvalue weighted by Crippen LogP contribution is 2.27. The van der Waals surface area contributed by atoms with E-state index in [9.17, 15) is 5.11 Å². The minimum Gasteiger partial charge on any atom is -0.387 e. The first-order chi connectivity index (χ1) is 9.22. The van der Waals surface area contributed by atoms with Crippen molar-refractivity contribution in [2.45, 2.75) is 12.5 Å². The fourth-order valence-electron chi connectivity index (χ4n) is 2.02. The highest BCUT2D eigenvalue weighted by atomic mass is 79.9. The monoisotopic (exact) mass is 333 g/mol. The first kappa shape index (κ1) is 12.8. The zero-order valence-electron chi connectivity index (χ0n) is 10.1. The van der Waals surface area contributed by atoms with Crippen LogP contribution in [0.1, 0.15) is 16.7 Å². The Bertz CT molecular complexity index is 710. The molecule has 1 N–H and O–H groups in total. The average Bonchev–Trinajstić information content (AvgIpc) is 2.85. The topological polar surface area (TPSA) is 33.1 Å². The van der Waals surface area contributed by atoms with Crippen LogP contribution in [0, 0.1) is 0 Å². The maximum Gasteiger partial charge on any atom is 0.0937 e. The summed E-state index contributed by atoms with van der Waals surface area (Å²) in [6.07, 6.45) is 0.0441. The van der Waals surface area contributed by atoms with E-state index in [2.05, 4.69) is 27.0 Å². The molecule has 96 valence electrons. The van der Waals surface area contributed by atoms with Crippen molar-refractivity contribution in [2.75, 3.05) is 0 Å². The van der Waals surface area contributed by atoms with Crippen LogP contribution in [0.3, 0.4) is 0 Å². The van der Waals surface area contributed by atoms with Crippen LogP contribution in [-0.4, -0.2) is 10.1 Å². The minimum atomic E-state index is -0.495. The quantitative estimate of drug-likeness (QED) is 0.773. The van der Waals surface area contributed by atoms with Crippen molar-refractivity contribution in [3.8, 4) is 0 Å². The molecule has 3 aromatic rings. The van der Waals surface area contributed by atoms with Gasteiger partial charge in [-0.3, -0.25) is 4.98 Å². The van der Waals surface area contributed by atoms with Gasteiger partial charge in [-0.1, -0.05) is 24.3 Å². The van der Waals surface area contributed by atoms with Crippen molar-refractivity contribution in [3.05, 3.63) is 62.9 Å². The van der Waals surface area contributed by atoms with Gasteiger partial charge in [0, 0.05) is 32.2 Å². The number of rotatable bonds is 3. The Hall–Kier alpha value is -1.23. The van der Waals surface area contributed by atoms with Crippen LogP contribution in [0.25, 0.3) is 10.9 Å². The molecule has 0 bridgehead atoms. The van der Waals surface area contributed by atoms with Crippen molar-refractivity contribution in [3.63, 3.8) is 0 Å². The smallest absolute Gasteiger partial charge is 0.0937 e. The molecule has 2 aromatic heterocycles. The average molecular weight is 334 g/mol. The molecular formula is C15H12BrNOS. The number of aromatic nitrogens is 1. The molecule has 0 spiro atoms. The largest absolute Gasteiger partial charge is 0.387 e. The van der Waals surface area contributed by atoms with Gasteiger partial charge in [0.15, 0.2) is 0 Å². The molecule has 2 heterocycles. The molecule has 19 heavy (non-hydrogen) atoms. The minimum absolute atomic E-state index is 0.495. The number of aliphatic hydroxyl groups is 1. The number of nitrogens with zero attached hydrogens (tertiary/aromatic N) is 1. The SMILES string of the molecule is OC(Cc1ccc2ccccc2n1)c1cc(Br)cs1. The van der Waals surface area contributed by atoms with Gasteiger partial charge in [0.1, 0.15) is 0 Å². The molecule has 1 aromatic carbocycles. The van der Waals surface area contributed by atoms with Crippen LogP contribution < -0.4 is 0 Å². The van der Waals surface area contributed by atoms with Gasteiger partial charge in [0.25, 0.3) is 0 Å². The molecule has 3 rings (SSSR count). The lowest BCUT2D eigenvalue weighted by molar-refractivity contribution is 0.181. The van der Waals surface area contributed by atoms with Crippen molar-refractivity contribution < 1.29 is 5.11 Å². The second kappa shape index (κ2) is 5.41. The zero-order valence-corrected chi connectivity index (χ0v) is 12.5. The van der Waals surface area contributed by atoms with Gasteiger partial charge in [0.2, 0.25) is 0 Å². The van der Waals surface area contributed by atoms with Gasteiger partial charge in [0.05, 0.1) is 11.6 Å². The van der Waals surface area contributed by atoms with Crippen molar-refractivity contribution >= 4 is 38.2 Å². The van der Waals surface area contributed by atoms with E-state index in [1.165, 1.54) is 0 Å². The molecule has 0 radical (unpaired) electrons. The Kier molecular flexibility index (Phi) is 3.64. The summed E-state index contributed by atoms with van der Waals surface area (Å²) in [5.41, 5.74) is 1.88. The van der Waals surface area contributed by atoms with Gasteiger partial charge in [-0.05, 0) is 34.1 Å². The van der Waals surface area contributed by atoms with Gasteiger partial charge in [-0.2, -0.15) is 0 Å². The van der Waals surface area contributed by atoms with Gasteiger partial charge in [-0.15, -0.1) is 11.3 Å². The first-order valence-corrected chi connectivity index (χ1v) is 7.66. The normalized spacial score (nSPS) is 12.7. The molecule has 1 atom stereocenters. The standard InChI is InChI=1S/C15H12BrNOS/c16-11-7-15(19-9-11)14(18)8-12-6-5-10-3-1-2-4-13(10)17-12/h1-7,9,14,18H,8H2. The van der Waals surface area contributed by atoms with Crippen molar-refractivity contribution in [2.24, 2.45) is 0 Å². The van der Waals surface area contributed by atoms with Gasteiger partial charge in [-0.25, -0.2) is 0 Å². The number of benzene rings is 1. The Morgan fingerprint density at radius 2 is 2.05 bits per heavy atom. The summed E-state index contributed by atoms with van der Waals surface area (Å²) >= 11 is 4.96. The van der Waals surface area contributed by atoms with E-state index in [4.69, 9.17) is 0 Å². The lowest BCUT2D eigenvalue weighted by Gasteiger charge is -2.08. The van der Waals surface area contributed by atoms with E-state index < -0.39 is 6.10 Å². The number of hydrogen-bond acceptors (Lipinski definition) is 3. The third-order valence-corrected chi connectivity index (χ3v) is 4.77. The molecule has 0 fully saturated rings. The van der Waals surface area contributed by atoms with Crippen LogP contribution in [0.15, 0.2) is 52.3 Å². The van der Waals surface area contributed by atoms with E-state index in [-0.39, 0.29) is 0 Å². The molecule has 0 saturated carbocycles. The molecule has 2 nitrogen and oxygen atoms in total. The lowest BCUT2D eigenvalue weighted by atomic mass is 10.1. The Morgan fingerprint density at radius 3 is 2.84 bits per heavy atom. The number of thiophene rings is 1. The Balaban J connectivity index is 1.84. The summed E-state index contributed by atoms with van der Waals surface area (Å²) < 4.78 is 1.01. The summed E-state index contributed by atoms with van der Waals surface area (Å²) in [5, 5.41) is 13.3. The third kappa shape index (κ3) is 2.86. The van der Waals surface area contributed by atoms with Crippen molar-refractivity contribution in [1.29, 1.82) is 0 Å². The molecule has 0 saturated heterocycles. The lowest BCUT2D eigenvalue weighted by Crippen LogP contribution is -2.01. The molecular weight excluding hydrogens is 322 g/mol. The van der Waals surface area contributed by atoms with E-state index in [0.717, 1.165) is 25.9 Å². The summed E-state index contributed by atoms with van der Waals surface area (Å²) in [4.78, 5) is 5.54. The van der Waals surface area contributed by atoms with E-state index in [0.29, 0.717) is 6.42 Å². The number of pyridine rings is 1. The zero-order chi connectivity index (χ0) is 13.2. The Morgan fingerprint density at radius 1 is 1.21 bits per heavy atom. The predicted molar refractivity (Wildman–Crippen MR) is 82.4 cm³/mol. The second-order valence-electron chi connectivity index (χ2n) is 4.38. The van der Waals surface area contributed by atoms with Crippen LogP contribution in [-0.2, 0) is 6.42 Å². The maximum atomic E-state index is 10.2. The summed E-state index contributed by atoms with van der Waals surface area (Å²) in [7, 11) is 0. The molecule has 0 aliphatic rings. The summed E-state index contributed by atoms with van der Waals surface area (Å²) in [6, 6.07) is 14.0. The highest BCUT2D eigenvalue weighted by Gasteiger charge is 2.12. The fraction of sp³-hybridized carbons (Fsp3) is 0.133. The van der Waals surface area contributed by atoms with Gasteiger partial charge >= 0.3 is 0 Å². The van der Waals surface area contributed by atoms with E-state index in [1.54, 1.807) is 11.3 Å². The number of fused-ring (bicyclic) bond motifs is 1. The van der Waals surface area contributed by atoms with Gasteiger partial charge < -0.3 is 5.11 Å². The van der Waals surface area contributed by atoms with Crippen molar-refractivity contribution in [1.82, 2.24) is 4.98 Å². The second-order valence-corrected chi connectivity index (χ2v) is 6.24. The first-order valence-electron chi connectivity index (χ1n) is 5.99. The van der Waals surface area contributed by atoms with Crippen LogP contribution in [0.2, 0.25) is 0 Å². The summed E-state index contributed by atoms with van der Waals surface area (Å²) in [6.45, 7) is 0. The molecule has 4 heteroatoms. The molecule has 0 aliphatic heterocycles. The highest BCUT2D eigenvalue weighted by molar-refractivity contribution is 9.10. The van der Waals surface area contributed by atoms with Crippen LogP contribution in [0.4, 0.5) is 0 Å². The fourth-order valence-corrected chi connectivity index (χ4v) is 3.45.